The standard InChI is InChI=1S/C19H29NO2/c1-2-18(16-10-5-3-6-11-16)19(21)20-14-9-15-22-17-12-7-4-8-13-17/h3,5-6,10-11,17-18H,2,4,7-9,12-15H2,1H3,(H,20,21). The van der Waals surface area contributed by atoms with Gasteiger partial charge in [0, 0.05) is 13.2 Å². The maximum absolute atomic E-state index is 12.3. The molecule has 1 aromatic rings. The Labute approximate surface area is 134 Å². The van der Waals surface area contributed by atoms with Gasteiger partial charge in [-0.2, -0.15) is 0 Å². The Morgan fingerprint density at radius 2 is 1.95 bits per heavy atom. The van der Waals surface area contributed by atoms with Gasteiger partial charge >= 0.3 is 0 Å². The topological polar surface area (TPSA) is 38.3 Å². The highest BCUT2D eigenvalue weighted by Gasteiger charge is 2.18. The van der Waals surface area contributed by atoms with Gasteiger partial charge in [-0.05, 0) is 31.2 Å². The summed E-state index contributed by atoms with van der Waals surface area (Å²) in [6.45, 7) is 3.52. The molecule has 2 rings (SSSR count). The monoisotopic (exact) mass is 303 g/mol. The number of rotatable bonds is 8. The third-order valence-electron chi connectivity index (χ3n) is 4.45. The van der Waals surface area contributed by atoms with Crippen LogP contribution in [0.25, 0.3) is 0 Å². The first-order valence-corrected chi connectivity index (χ1v) is 8.75. The third kappa shape index (κ3) is 5.45. The number of amides is 1. The van der Waals surface area contributed by atoms with Crippen molar-refractivity contribution in [2.75, 3.05) is 13.2 Å². The number of hydrogen-bond donors (Lipinski definition) is 1. The van der Waals surface area contributed by atoms with Gasteiger partial charge in [-0.1, -0.05) is 56.5 Å². The van der Waals surface area contributed by atoms with Gasteiger partial charge in [0.25, 0.3) is 0 Å². The molecule has 0 aliphatic heterocycles. The van der Waals surface area contributed by atoms with Gasteiger partial charge in [0.1, 0.15) is 0 Å². The summed E-state index contributed by atoms with van der Waals surface area (Å²) in [6, 6.07) is 10.0. The van der Waals surface area contributed by atoms with Crippen LogP contribution in [0.1, 0.15) is 63.4 Å². The van der Waals surface area contributed by atoms with E-state index in [1.165, 1.54) is 32.1 Å². The fourth-order valence-corrected chi connectivity index (χ4v) is 3.15. The zero-order valence-electron chi connectivity index (χ0n) is 13.7. The van der Waals surface area contributed by atoms with Crippen molar-refractivity contribution in [2.45, 2.75) is 63.9 Å². The van der Waals surface area contributed by atoms with Crippen LogP contribution in [0.4, 0.5) is 0 Å². The second-order valence-electron chi connectivity index (χ2n) is 6.15. The van der Waals surface area contributed by atoms with Crippen molar-refractivity contribution in [1.29, 1.82) is 0 Å². The molecule has 1 aliphatic carbocycles. The van der Waals surface area contributed by atoms with Crippen molar-refractivity contribution in [3.63, 3.8) is 0 Å². The Hall–Kier alpha value is -1.35. The highest BCUT2D eigenvalue weighted by Crippen LogP contribution is 2.20. The zero-order chi connectivity index (χ0) is 15.6. The number of carbonyl (C=O) groups is 1. The highest BCUT2D eigenvalue weighted by atomic mass is 16.5. The van der Waals surface area contributed by atoms with E-state index in [2.05, 4.69) is 12.2 Å². The van der Waals surface area contributed by atoms with Crippen molar-refractivity contribution in [2.24, 2.45) is 0 Å². The summed E-state index contributed by atoms with van der Waals surface area (Å²) >= 11 is 0. The first kappa shape index (κ1) is 17.0. The fraction of sp³-hybridized carbons (Fsp3) is 0.632. The van der Waals surface area contributed by atoms with Gasteiger partial charge in [-0.25, -0.2) is 0 Å². The van der Waals surface area contributed by atoms with E-state index in [9.17, 15) is 4.79 Å². The van der Waals surface area contributed by atoms with Gasteiger partial charge in [-0.3, -0.25) is 4.79 Å². The summed E-state index contributed by atoms with van der Waals surface area (Å²) in [4.78, 5) is 12.3. The molecule has 0 radical (unpaired) electrons. The van der Waals surface area contributed by atoms with E-state index in [1.54, 1.807) is 0 Å². The molecule has 0 bridgehead atoms. The molecule has 1 amide bonds. The molecule has 0 saturated heterocycles. The van der Waals surface area contributed by atoms with Gasteiger partial charge in [-0.15, -0.1) is 0 Å². The number of hydrogen-bond acceptors (Lipinski definition) is 2. The number of nitrogens with one attached hydrogen (secondary N) is 1. The summed E-state index contributed by atoms with van der Waals surface area (Å²) in [5, 5.41) is 3.05. The van der Waals surface area contributed by atoms with Crippen molar-refractivity contribution >= 4 is 5.91 Å². The van der Waals surface area contributed by atoms with Crippen LogP contribution in [0, 0.1) is 0 Å². The van der Waals surface area contributed by atoms with E-state index in [0.29, 0.717) is 12.6 Å². The van der Waals surface area contributed by atoms with Crippen molar-refractivity contribution in [3.05, 3.63) is 35.9 Å². The number of carbonyl (C=O) groups excluding carboxylic acids is 1. The molecule has 1 atom stereocenters. The molecule has 1 aromatic carbocycles. The molecule has 1 aliphatic rings. The molecule has 22 heavy (non-hydrogen) atoms. The second-order valence-corrected chi connectivity index (χ2v) is 6.15. The fourth-order valence-electron chi connectivity index (χ4n) is 3.15. The normalized spacial score (nSPS) is 17.1. The van der Waals surface area contributed by atoms with E-state index in [-0.39, 0.29) is 11.8 Å². The van der Waals surface area contributed by atoms with Crippen LogP contribution in [-0.2, 0) is 9.53 Å². The average molecular weight is 303 g/mol. The molecule has 1 unspecified atom stereocenters. The molecular weight excluding hydrogens is 274 g/mol. The quantitative estimate of drug-likeness (QED) is 0.736. The Morgan fingerprint density at radius 1 is 1.23 bits per heavy atom. The maximum atomic E-state index is 12.3. The van der Waals surface area contributed by atoms with E-state index in [1.807, 2.05) is 30.3 Å². The summed E-state index contributed by atoms with van der Waals surface area (Å²) in [5.74, 6) is 0.0897. The predicted octanol–water partition coefficient (Wildman–Crippen LogP) is 4.04. The van der Waals surface area contributed by atoms with Crippen LogP contribution in [0.15, 0.2) is 30.3 Å². The molecular formula is C19H29NO2. The van der Waals surface area contributed by atoms with E-state index in [0.717, 1.165) is 25.0 Å². The molecule has 3 nitrogen and oxygen atoms in total. The Morgan fingerprint density at radius 3 is 2.64 bits per heavy atom. The van der Waals surface area contributed by atoms with Gasteiger partial charge < -0.3 is 10.1 Å². The smallest absolute Gasteiger partial charge is 0.227 e. The van der Waals surface area contributed by atoms with Crippen LogP contribution in [-0.4, -0.2) is 25.2 Å². The summed E-state index contributed by atoms with van der Waals surface area (Å²) < 4.78 is 5.88. The zero-order valence-corrected chi connectivity index (χ0v) is 13.7. The predicted molar refractivity (Wildman–Crippen MR) is 89.9 cm³/mol. The molecule has 0 spiro atoms. The lowest BCUT2D eigenvalue weighted by molar-refractivity contribution is -0.122. The van der Waals surface area contributed by atoms with Crippen LogP contribution in [0.2, 0.25) is 0 Å². The molecule has 1 saturated carbocycles. The largest absolute Gasteiger partial charge is 0.378 e. The molecule has 0 aromatic heterocycles. The molecule has 3 heteroatoms. The summed E-state index contributed by atoms with van der Waals surface area (Å²) in [5.41, 5.74) is 1.10. The molecule has 122 valence electrons. The minimum absolute atomic E-state index is 0.0412. The van der Waals surface area contributed by atoms with Gasteiger partial charge in [0.15, 0.2) is 0 Å². The second kappa shape index (κ2) is 9.62. The van der Waals surface area contributed by atoms with Crippen LogP contribution in [0.3, 0.4) is 0 Å². The number of benzene rings is 1. The third-order valence-corrected chi connectivity index (χ3v) is 4.45. The molecule has 1 N–H and O–H groups in total. The Kier molecular flexibility index (Phi) is 7.44. The van der Waals surface area contributed by atoms with Crippen LogP contribution in [0.5, 0.6) is 0 Å². The SMILES string of the molecule is CCC(C(=O)NCCCOC1CCCCC1)c1ccccc1. The molecule has 0 heterocycles. The first-order chi connectivity index (χ1) is 10.8. The van der Waals surface area contributed by atoms with Crippen LogP contribution < -0.4 is 5.32 Å². The van der Waals surface area contributed by atoms with Crippen molar-refractivity contribution in [3.8, 4) is 0 Å². The summed E-state index contributed by atoms with van der Waals surface area (Å²) in [6.07, 6.45) is 8.55. The summed E-state index contributed by atoms with van der Waals surface area (Å²) in [7, 11) is 0. The minimum Gasteiger partial charge on any atom is -0.378 e. The van der Waals surface area contributed by atoms with Crippen LogP contribution >= 0.6 is 0 Å². The van der Waals surface area contributed by atoms with Gasteiger partial charge in [0.05, 0.1) is 12.0 Å². The number of ether oxygens (including phenoxy) is 1. The van der Waals surface area contributed by atoms with Gasteiger partial charge in [0.2, 0.25) is 5.91 Å². The lowest BCUT2D eigenvalue weighted by Gasteiger charge is -2.22. The Bertz CT molecular complexity index is 426. The first-order valence-electron chi connectivity index (χ1n) is 8.75. The van der Waals surface area contributed by atoms with E-state index in [4.69, 9.17) is 4.74 Å². The highest BCUT2D eigenvalue weighted by molar-refractivity contribution is 5.83. The Balaban J connectivity index is 1.64. The molecule has 1 fully saturated rings. The van der Waals surface area contributed by atoms with E-state index < -0.39 is 0 Å². The minimum atomic E-state index is -0.0412. The van der Waals surface area contributed by atoms with Crippen molar-refractivity contribution < 1.29 is 9.53 Å². The average Bonchev–Trinajstić information content (AvgIpc) is 2.57. The maximum Gasteiger partial charge on any atom is 0.227 e. The lowest BCUT2D eigenvalue weighted by atomic mass is 9.96. The van der Waals surface area contributed by atoms with E-state index >= 15 is 0 Å². The van der Waals surface area contributed by atoms with Crippen molar-refractivity contribution in [1.82, 2.24) is 5.32 Å². The lowest BCUT2D eigenvalue weighted by Crippen LogP contribution is -2.30.